The maximum atomic E-state index is 11.4. The maximum Gasteiger partial charge on any atom is 0.341 e. The molecule has 0 radical (unpaired) electrons. The summed E-state index contributed by atoms with van der Waals surface area (Å²) in [5.74, 6) is 0.418. The van der Waals surface area contributed by atoms with Gasteiger partial charge in [-0.2, -0.15) is 0 Å². The minimum atomic E-state index is -0.286. The van der Waals surface area contributed by atoms with Crippen LogP contribution in [0.3, 0.4) is 0 Å². The molecule has 0 unspecified atom stereocenters. The molecule has 0 saturated carbocycles. The Balaban J connectivity index is 2.96. The first-order valence-corrected chi connectivity index (χ1v) is 4.44. The number of rotatable bonds is 3. The second kappa shape index (κ2) is 4.12. The van der Waals surface area contributed by atoms with Crippen LogP contribution in [0.15, 0.2) is 10.7 Å². The van der Waals surface area contributed by atoms with Gasteiger partial charge >= 0.3 is 5.97 Å². The summed E-state index contributed by atoms with van der Waals surface area (Å²) in [4.78, 5) is 11.4. The molecule has 3 nitrogen and oxygen atoms in total. The number of furan rings is 1. The molecule has 0 atom stereocenters. The van der Waals surface area contributed by atoms with Crippen molar-refractivity contribution in [2.45, 2.75) is 27.2 Å². The molecule has 0 amide bonds. The number of carbonyl (C=O) groups is 1. The Morgan fingerprint density at radius 2 is 2.23 bits per heavy atom. The van der Waals surface area contributed by atoms with Crippen molar-refractivity contribution in [2.75, 3.05) is 6.61 Å². The molecule has 1 rings (SSSR count). The first-order chi connectivity index (χ1) is 6.20. The van der Waals surface area contributed by atoms with Crippen LogP contribution in [0.2, 0.25) is 0 Å². The van der Waals surface area contributed by atoms with E-state index in [9.17, 15) is 4.79 Å². The highest BCUT2D eigenvalue weighted by Gasteiger charge is 2.17. The third-order valence-corrected chi connectivity index (χ3v) is 1.85. The second-order valence-corrected chi connectivity index (χ2v) is 2.79. The van der Waals surface area contributed by atoms with Crippen molar-refractivity contribution in [1.82, 2.24) is 0 Å². The van der Waals surface area contributed by atoms with Gasteiger partial charge in [0.1, 0.15) is 11.3 Å². The van der Waals surface area contributed by atoms with Crippen molar-refractivity contribution in [3.63, 3.8) is 0 Å². The van der Waals surface area contributed by atoms with E-state index in [-0.39, 0.29) is 5.97 Å². The van der Waals surface area contributed by atoms with Gasteiger partial charge in [-0.25, -0.2) is 4.79 Å². The minimum absolute atomic E-state index is 0.286. The maximum absolute atomic E-state index is 11.4. The molecule has 0 bridgehead atoms. The van der Waals surface area contributed by atoms with Gasteiger partial charge in [0.2, 0.25) is 0 Å². The van der Waals surface area contributed by atoms with Crippen LogP contribution in [0.25, 0.3) is 0 Å². The van der Waals surface area contributed by atoms with Gasteiger partial charge in [0.25, 0.3) is 0 Å². The number of ether oxygens (including phenoxy) is 1. The Labute approximate surface area is 77.7 Å². The molecular formula is C10H14O3. The Morgan fingerprint density at radius 1 is 1.54 bits per heavy atom. The van der Waals surface area contributed by atoms with Crippen LogP contribution in [0.1, 0.15) is 35.5 Å². The smallest absolute Gasteiger partial charge is 0.341 e. The van der Waals surface area contributed by atoms with E-state index in [0.29, 0.717) is 24.4 Å². The molecule has 1 aromatic rings. The average molecular weight is 182 g/mol. The van der Waals surface area contributed by atoms with Crippen LogP contribution in [-0.2, 0) is 11.2 Å². The van der Waals surface area contributed by atoms with E-state index in [0.717, 1.165) is 5.56 Å². The molecule has 3 heteroatoms. The largest absolute Gasteiger partial charge is 0.468 e. The second-order valence-electron chi connectivity index (χ2n) is 2.79. The number of hydrogen-bond donors (Lipinski definition) is 0. The highest BCUT2D eigenvalue weighted by atomic mass is 16.5. The van der Waals surface area contributed by atoms with Gasteiger partial charge in [0, 0.05) is 12.0 Å². The monoisotopic (exact) mass is 182 g/mol. The highest BCUT2D eigenvalue weighted by Crippen LogP contribution is 2.18. The standard InChI is InChI=1S/C10H14O3/c1-4-8-9(7(3)6-13-8)10(11)12-5-2/h6H,4-5H2,1-3H3. The Hall–Kier alpha value is -1.25. The van der Waals surface area contributed by atoms with E-state index in [2.05, 4.69) is 0 Å². The van der Waals surface area contributed by atoms with Crippen LogP contribution < -0.4 is 0 Å². The average Bonchev–Trinajstić information content (AvgIpc) is 2.47. The Morgan fingerprint density at radius 3 is 2.77 bits per heavy atom. The zero-order valence-electron chi connectivity index (χ0n) is 8.22. The molecule has 0 aliphatic carbocycles. The van der Waals surface area contributed by atoms with Crippen LogP contribution in [-0.4, -0.2) is 12.6 Å². The van der Waals surface area contributed by atoms with Gasteiger partial charge in [-0.3, -0.25) is 0 Å². The van der Waals surface area contributed by atoms with E-state index < -0.39 is 0 Å². The summed E-state index contributed by atoms with van der Waals surface area (Å²) < 4.78 is 10.1. The van der Waals surface area contributed by atoms with Crippen molar-refractivity contribution in [1.29, 1.82) is 0 Å². The summed E-state index contributed by atoms with van der Waals surface area (Å²) in [6.45, 7) is 5.97. The van der Waals surface area contributed by atoms with Crippen molar-refractivity contribution in [2.24, 2.45) is 0 Å². The predicted molar refractivity (Wildman–Crippen MR) is 48.8 cm³/mol. The number of carbonyl (C=O) groups excluding carboxylic acids is 1. The third kappa shape index (κ3) is 1.91. The first-order valence-electron chi connectivity index (χ1n) is 4.44. The van der Waals surface area contributed by atoms with Crippen molar-refractivity contribution < 1.29 is 13.9 Å². The molecular weight excluding hydrogens is 168 g/mol. The quantitative estimate of drug-likeness (QED) is 0.673. The molecule has 0 N–H and O–H groups in total. The minimum Gasteiger partial charge on any atom is -0.468 e. The zero-order valence-corrected chi connectivity index (χ0v) is 8.22. The molecule has 0 spiro atoms. The fourth-order valence-corrected chi connectivity index (χ4v) is 1.24. The highest BCUT2D eigenvalue weighted by molar-refractivity contribution is 5.92. The first kappa shape index (κ1) is 9.84. The van der Waals surface area contributed by atoms with E-state index in [1.54, 1.807) is 13.2 Å². The van der Waals surface area contributed by atoms with Crippen molar-refractivity contribution in [3.8, 4) is 0 Å². The Bertz CT molecular complexity index is 299. The van der Waals surface area contributed by atoms with Crippen LogP contribution in [0.4, 0.5) is 0 Å². The summed E-state index contributed by atoms with van der Waals surface area (Å²) in [7, 11) is 0. The molecule has 0 aromatic carbocycles. The molecule has 0 fully saturated rings. The van der Waals surface area contributed by atoms with Crippen molar-refractivity contribution >= 4 is 5.97 Å². The van der Waals surface area contributed by atoms with E-state index in [1.165, 1.54) is 0 Å². The fraction of sp³-hybridized carbons (Fsp3) is 0.500. The topological polar surface area (TPSA) is 39.4 Å². The van der Waals surface area contributed by atoms with Crippen LogP contribution in [0.5, 0.6) is 0 Å². The summed E-state index contributed by atoms with van der Waals surface area (Å²) >= 11 is 0. The lowest BCUT2D eigenvalue weighted by Gasteiger charge is -2.01. The lowest BCUT2D eigenvalue weighted by Crippen LogP contribution is -2.07. The summed E-state index contributed by atoms with van der Waals surface area (Å²) in [5.41, 5.74) is 1.43. The molecule has 0 aliphatic rings. The number of aryl methyl sites for hydroxylation is 2. The van der Waals surface area contributed by atoms with Crippen molar-refractivity contribution in [3.05, 3.63) is 23.2 Å². The van der Waals surface area contributed by atoms with E-state index in [4.69, 9.17) is 9.15 Å². The van der Waals surface area contributed by atoms with Gasteiger partial charge in [-0.05, 0) is 13.8 Å². The molecule has 0 saturated heterocycles. The normalized spacial score (nSPS) is 10.1. The Kier molecular flexibility index (Phi) is 3.12. The molecule has 1 aromatic heterocycles. The van der Waals surface area contributed by atoms with Gasteiger partial charge in [-0.15, -0.1) is 0 Å². The van der Waals surface area contributed by atoms with Gasteiger partial charge in [0.05, 0.1) is 12.9 Å². The lowest BCUT2D eigenvalue weighted by atomic mass is 10.1. The van der Waals surface area contributed by atoms with Gasteiger partial charge in [0.15, 0.2) is 0 Å². The predicted octanol–water partition coefficient (Wildman–Crippen LogP) is 2.33. The number of hydrogen-bond acceptors (Lipinski definition) is 3. The molecule has 0 aliphatic heterocycles. The zero-order chi connectivity index (χ0) is 9.84. The summed E-state index contributed by atoms with van der Waals surface area (Å²) in [6, 6.07) is 0. The SMILES string of the molecule is CCOC(=O)c1c(C)coc1CC. The molecule has 72 valence electrons. The van der Waals surface area contributed by atoms with E-state index >= 15 is 0 Å². The van der Waals surface area contributed by atoms with Crippen LogP contribution >= 0.6 is 0 Å². The van der Waals surface area contributed by atoms with Gasteiger partial charge < -0.3 is 9.15 Å². The molecule has 13 heavy (non-hydrogen) atoms. The molecule has 1 heterocycles. The van der Waals surface area contributed by atoms with E-state index in [1.807, 2.05) is 13.8 Å². The van der Waals surface area contributed by atoms with Crippen LogP contribution in [0, 0.1) is 6.92 Å². The van der Waals surface area contributed by atoms with Gasteiger partial charge in [-0.1, -0.05) is 6.92 Å². The third-order valence-electron chi connectivity index (χ3n) is 1.85. The lowest BCUT2D eigenvalue weighted by molar-refractivity contribution is 0.0523. The number of esters is 1. The fourth-order valence-electron chi connectivity index (χ4n) is 1.24. The summed E-state index contributed by atoms with van der Waals surface area (Å²) in [5, 5.41) is 0. The summed E-state index contributed by atoms with van der Waals surface area (Å²) in [6.07, 6.45) is 2.30.